The van der Waals surface area contributed by atoms with Gasteiger partial charge < -0.3 is 4.90 Å². The van der Waals surface area contributed by atoms with Gasteiger partial charge in [-0.2, -0.15) is 0 Å². The molecule has 0 radical (unpaired) electrons. The number of hydrogen-bond acceptors (Lipinski definition) is 4. The van der Waals surface area contributed by atoms with Gasteiger partial charge in [-0.25, -0.2) is 0 Å². The molecule has 0 N–H and O–H groups in total. The molecule has 3 atom stereocenters. The SMILES string of the molecule is O=[N+]([O-])c1ccccc1CN1CCN(C[C@H]2C[C@@H]3C=C[C@H]2C3)CC1. The molecule has 0 aromatic heterocycles. The molecule has 1 aromatic carbocycles. The van der Waals surface area contributed by atoms with Gasteiger partial charge in [-0.3, -0.25) is 15.0 Å². The number of para-hydroxylation sites is 1. The second kappa shape index (κ2) is 6.65. The van der Waals surface area contributed by atoms with Gasteiger partial charge in [-0.1, -0.05) is 30.4 Å². The smallest absolute Gasteiger partial charge is 0.273 e. The van der Waals surface area contributed by atoms with Crippen molar-refractivity contribution in [1.29, 1.82) is 0 Å². The highest BCUT2D eigenvalue weighted by atomic mass is 16.6. The van der Waals surface area contributed by atoms with E-state index >= 15 is 0 Å². The lowest BCUT2D eigenvalue weighted by molar-refractivity contribution is -0.385. The van der Waals surface area contributed by atoms with E-state index in [1.807, 2.05) is 12.1 Å². The maximum Gasteiger partial charge on any atom is 0.273 e. The van der Waals surface area contributed by atoms with E-state index in [0.29, 0.717) is 6.54 Å². The Labute approximate surface area is 143 Å². The maximum atomic E-state index is 11.1. The Hall–Kier alpha value is -1.72. The summed E-state index contributed by atoms with van der Waals surface area (Å²) in [5.74, 6) is 2.52. The molecule has 3 aliphatic rings. The van der Waals surface area contributed by atoms with Crippen LogP contribution in [-0.4, -0.2) is 47.4 Å². The quantitative estimate of drug-likeness (QED) is 0.474. The van der Waals surface area contributed by atoms with Gasteiger partial charge in [-0.05, 0) is 30.6 Å². The summed E-state index contributed by atoms with van der Waals surface area (Å²) < 4.78 is 0. The van der Waals surface area contributed by atoms with E-state index in [2.05, 4.69) is 22.0 Å². The van der Waals surface area contributed by atoms with E-state index in [4.69, 9.17) is 0 Å². The minimum atomic E-state index is -0.270. The monoisotopic (exact) mass is 327 g/mol. The Morgan fingerprint density at radius 2 is 1.79 bits per heavy atom. The molecular formula is C19H25N3O2. The van der Waals surface area contributed by atoms with Gasteiger partial charge in [0.05, 0.1) is 4.92 Å². The van der Waals surface area contributed by atoms with Crippen LogP contribution >= 0.6 is 0 Å². The third-order valence-corrected chi connectivity index (χ3v) is 5.96. The number of piperazine rings is 1. The highest BCUT2D eigenvalue weighted by Crippen LogP contribution is 2.43. The fourth-order valence-electron chi connectivity index (χ4n) is 4.63. The second-order valence-electron chi connectivity index (χ2n) is 7.50. The Morgan fingerprint density at radius 3 is 2.46 bits per heavy atom. The van der Waals surface area contributed by atoms with Gasteiger partial charge in [0, 0.05) is 50.9 Å². The minimum absolute atomic E-state index is 0.244. The van der Waals surface area contributed by atoms with Crippen molar-refractivity contribution in [2.24, 2.45) is 17.8 Å². The zero-order valence-electron chi connectivity index (χ0n) is 14.0. The summed E-state index contributed by atoms with van der Waals surface area (Å²) in [6.07, 6.45) is 7.59. The van der Waals surface area contributed by atoms with Gasteiger partial charge in [0.25, 0.3) is 5.69 Å². The highest BCUT2D eigenvalue weighted by molar-refractivity contribution is 5.39. The number of nitro benzene ring substituents is 1. The van der Waals surface area contributed by atoms with E-state index in [0.717, 1.165) is 49.5 Å². The summed E-state index contributed by atoms with van der Waals surface area (Å²) in [7, 11) is 0. The molecule has 0 spiro atoms. The van der Waals surface area contributed by atoms with Crippen LogP contribution in [0.15, 0.2) is 36.4 Å². The average molecular weight is 327 g/mol. The predicted octanol–water partition coefficient (Wildman–Crippen LogP) is 2.92. The van der Waals surface area contributed by atoms with E-state index in [-0.39, 0.29) is 10.6 Å². The van der Waals surface area contributed by atoms with Crippen LogP contribution in [0, 0.1) is 27.9 Å². The number of nitrogens with zero attached hydrogens (tertiary/aromatic N) is 3. The standard InChI is InChI=1S/C19H25N3O2/c23-22(24)19-4-2-1-3-17(19)13-20-7-9-21(10-8-20)14-18-12-15-5-6-16(18)11-15/h1-6,15-16,18H,7-14H2/t15-,16+,18-/m1/s1. The maximum absolute atomic E-state index is 11.1. The summed E-state index contributed by atoms with van der Waals surface area (Å²) >= 11 is 0. The van der Waals surface area contributed by atoms with E-state index in [9.17, 15) is 10.1 Å². The Morgan fingerprint density at radius 1 is 1.04 bits per heavy atom. The fourth-order valence-corrected chi connectivity index (χ4v) is 4.63. The normalized spacial score (nSPS) is 30.1. The van der Waals surface area contributed by atoms with Gasteiger partial charge in [-0.15, -0.1) is 0 Å². The topological polar surface area (TPSA) is 49.6 Å². The van der Waals surface area contributed by atoms with Crippen LogP contribution < -0.4 is 0 Å². The van der Waals surface area contributed by atoms with Gasteiger partial charge >= 0.3 is 0 Å². The first-order valence-corrected chi connectivity index (χ1v) is 9.04. The first kappa shape index (κ1) is 15.8. The molecule has 4 rings (SSSR count). The van der Waals surface area contributed by atoms with Gasteiger partial charge in [0.15, 0.2) is 0 Å². The molecular weight excluding hydrogens is 302 g/mol. The van der Waals surface area contributed by atoms with Crippen LogP contribution in [0.4, 0.5) is 5.69 Å². The van der Waals surface area contributed by atoms with E-state index in [1.165, 1.54) is 19.4 Å². The van der Waals surface area contributed by atoms with Crippen LogP contribution in [-0.2, 0) is 6.54 Å². The number of rotatable bonds is 5. The van der Waals surface area contributed by atoms with Crippen molar-refractivity contribution in [2.45, 2.75) is 19.4 Å². The predicted molar refractivity (Wildman–Crippen MR) is 93.7 cm³/mol. The molecule has 2 aliphatic carbocycles. The third kappa shape index (κ3) is 3.23. The van der Waals surface area contributed by atoms with Crippen LogP contribution in [0.2, 0.25) is 0 Å². The van der Waals surface area contributed by atoms with Crippen molar-refractivity contribution in [3.8, 4) is 0 Å². The zero-order chi connectivity index (χ0) is 16.5. The number of benzene rings is 1. The summed E-state index contributed by atoms with van der Waals surface area (Å²) in [5.41, 5.74) is 1.07. The molecule has 24 heavy (non-hydrogen) atoms. The van der Waals surface area contributed by atoms with Crippen molar-refractivity contribution >= 4 is 5.69 Å². The van der Waals surface area contributed by atoms with Crippen LogP contribution in [0.25, 0.3) is 0 Å². The molecule has 5 nitrogen and oxygen atoms in total. The summed E-state index contributed by atoms with van der Waals surface area (Å²) in [6, 6.07) is 7.12. The Kier molecular flexibility index (Phi) is 4.37. The van der Waals surface area contributed by atoms with Crippen molar-refractivity contribution in [3.05, 3.63) is 52.1 Å². The molecule has 5 heteroatoms. The van der Waals surface area contributed by atoms with Crippen molar-refractivity contribution in [3.63, 3.8) is 0 Å². The molecule has 0 amide bonds. The third-order valence-electron chi connectivity index (χ3n) is 5.96. The summed E-state index contributed by atoms with van der Waals surface area (Å²) in [5, 5.41) is 11.1. The molecule has 1 heterocycles. The molecule has 2 fully saturated rings. The highest BCUT2D eigenvalue weighted by Gasteiger charge is 2.36. The fraction of sp³-hybridized carbons (Fsp3) is 0.579. The lowest BCUT2D eigenvalue weighted by atomic mass is 9.93. The molecule has 1 saturated carbocycles. The lowest BCUT2D eigenvalue weighted by Crippen LogP contribution is -2.47. The average Bonchev–Trinajstić information content (AvgIpc) is 3.20. The Bertz CT molecular complexity index is 637. The van der Waals surface area contributed by atoms with Crippen LogP contribution in [0.3, 0.4) is 0 Å². The first-order valence-electron chi connectivity index (χ1n) is 9.04. The van der Waals surface area contributed by atoms with Crippen molar-refractivity contribution in [1.82, 2.24) is 9.80 Å². The number of nitro groups is 1. The number of allylic oxidation sites excluding steroid dienone is 2. The van der Waals surface area contributed by atoms with Crippen LogP contribution in [0.5, 0.6) is 0 Å². The number of hydrogen-bond donors (Lipinski definition) is 0. The zero-order valence-corrected chi connectivity index (χ0v) is 14.0. The van der Waals surface area contributed by atoms with E-state index < -0.39 is 0 Å². The molecule has 1 saturated heterocycles. The molecule has 1 aromatic rings. The Balaban J connectivity index is 1.29. The van der Waals surface area contributed by atoms with Crippen LogP contribution in [0.1, 0.15) is 18.4 Å². The molecule has 128 valence electrons. The van der Waals surface area contributed by atoms with E-state index in [1.54, 1.807) is 12.1 Å². The van der Waals surface area contributed by atoms with Gasteiger partial charge in [0.2, 0.25) is 0 Å². The lowest BCUT2D eigenvalue weighted by Gasteiger charge is -2.36. The summed E-state index contributed by atoms with van der Waals surface area (Å²) in [6.45, 7) is 6.08. The summed E-state index contributed by atoms with van der Waals surface area (Å²) in [4.78, 5) is 15.8. The van der Waals surface area contributed by atoms with Crippen molar-refractivity contribution < 1.29 is 4.92 Å². The molecule has 0 unspecified atom stereocenters. The first-order chi connectivity index (χ1) is 11.7. The minimum Gasteiger partial charge on any atom is -0.300 e. The number of fused-ring (bicyclic) bond motifs is 2. The molecule has 1 aliphatic heterocycles. The second-order valence-corrected chi connectivity index (χ2v) is 7.50. The largest absolute Gasteiger partial charge is 0.300 e. The van der Waals surface area contributed by atoms with Crippen molar-refractivity contribution in [2.75, 3.05) is 32.7 Å². The molecule has 2 bridgehead atoms. The van der Waals surface area contributed by atoms with Gasteiger partial charge in [0.1, 0.15) is 0 Å².